The third kappa shape index (κ3) is 1.98. The Bertz CT molecular complexity index is 381. The summed E-state index contributed by atoms with van der Waals surface area (Å²) >= 11 is 5.76. The molecule has 0 aromatic carbocycles. The van der Waals surface area contributed by atoms with E-state index in [1.54, 1.807) is 11.1 Å². The molecule has 0 saturated carbocycles. The quantitative estimate of drug-likeness (QED) is 0.756. The van der Waals surface area contributed by atoms with Crippen molar-refractivity contribution in [3.05, 3.63) is 22.6 Å². The third-order valence-corrected chi connectivity index (χ3v) is 2.96. The number of aliphatic hydroxyl groups excluding tert-OH is 2. The topological polar surface area (TPSA) is 56.1 Å². The minimum Gasteiger partial charge on any atom is -0.392 e. The fraction of sp³-hybridized carbons (Fsp3) is 0.500. The van der Waals surface area contributed by atoms with E-state index in [-0.39, 0.29) is 12.0 Å². The average molecular weight is 247 g/mol. The lowest BCUT2D eigenvalue weighted by molar-refractivity contribution is 0.168. The molecule has 0 aromatic rings. The van der Waals surface area contributed by atoms with Crippen LogP contribution in [0.1, 0.15) is 6.42 Å². The molecule has 0 spiro atoms. The third-order valence-electron chi connectivity index (χ3n) is 2.77. The molecule has 88 valence electrons. The van der Waals surface area contributed by atoms with Crippen LogP contribution in [0.25, 0.3) is 0 Å². The zero-order chi connectivity index (χ0) is 11.7. The van der Waals surface area contributed by atoms with E-state index in [4.69, 9.17) is 16.7 Å². The standard InChI is InChI=1S/C10H12ClFN2O2/c11-6-2-13-5-14(3-6)8-1-9(16)7(4-15)10(8)12/h2-3,8-9,15-16H,1,4-5H2/t8-,9+/m0/s1. The molecule has 16 heavy (non-hydrogen) atoms. The van der Waals surface area contributed by atoms with Crippen LogP contribution in [0.15, 0.2) is 27.6 Å². The van der Waals surface area contributed by atoms with E-state index in [2.05, 4.69) is 4.99 Å². The molecule has 6 heteroatoms. The Labute approximate surface area is 97.3 Å². The smallest absolute Gasteiger partial charge is 0.127 e. The van der Waals surface area contributed by atoms with Gasteiger partial charge in [0.1, 0.15) is 12.5 Å². The molecule has 0 unspecified atom stereocenters. The van der Waals surface area contributed by atoms with E-state index in [0.717, 1.165) is 0 Å². The SMILES string of the molecule is OCC1=C(F)[C@@H](N2C=C(Cl)C=NC2)C[C@H]1O. The van der Waals surface area contributed by atoms with Crippen LogP contribution in [-0.2, 0) is 0 Å². The lowest BCUT2D eigenvalue weighted by Gasteiger charge is -2.27. The zero-order valence-corrected chi connectivity index (χ0v) is 9.23. The van der Waals surface area contributed by atoms with Gasteiger partial charge in [-0.1, -0.05) is 11.6 Å². The Morgan fingerprint density at radius 3 is 2.94 bits per heavy atom. The second kappa shape index (κ2) is 4.53. The molecule has 2 N–H and O–H groups in total. The van der Waals surface area contributed by atoms with E-state index in [1.807, 2.05) is 0 Å². The highest BCUT2D eigenvalue weighted by molar-refractivity contribution is 6.39. The summed E-state index contributed by atoms with van der Waals surface area (Å²) in [6, 6.07) is -0.580. The minimum atomic E-state index is -0.923. The molecule has 0 bridgehead atoms. The van der Waals surface area contributed by atoms with Crippen LogP contribution in [0.3, 0.4) is 0 Å². The molecule has 1 aliphatic heterocycles. The maximum absolute atomic E-state index is 13.8. The first-order chi connectivity index (χ1) is 7.63. The summed E-state index contributed by atoms with van der Waals surface area (Å²) in [5, 5.41) is 18.9. The maximum atomic E-state index is 13.8. The van der Waals surface area contributed by atoms with E-state index >= 15 is 0 Å². The minimum absolute atomic E-state index is 0.0593. The Morgan fingerprint density at radius 1 is 1.62 bits per heavy atom. The predicted octanol–water partition coefficient (Wildman–Crippen LogP) is 0.760. The highest BCUT2D eigenvalue weighted by atomic mass is 35.5. The monoisotopic (exact) mass is 246 g/mol. The number of aliphatic hydroxyl groups is 2. The van der Waals surface area contributed by atoms with Crippen LogP contribution in [-0.4, -0.2) is 46.7 Å². The molecule has 1 heterocycles. The van der Waals surface area contributed by atoms with Gasteiger partial charge in [-0.05, 0) is 0 Å². The number of hydrogen-bond acceptors (Lipinski definition) is 4. The van der Waals surface area contributed by atoms with Crippen LogP contribution in [0, 0.1) is 0 Å². The van der Waals surface area contributed by atoms with Crippen LogP contribution in [0.5, 0.6) is 0 Å². The molecule has 0 aromatic heterocycles. The molecule has 0 radical (unpaired) electrons. The van der Waals surface area contributed by atoms with Gasteiger partial charge in [-0.3, -0.25) is 4.99 Å². The Morgan fingerprint density at radius 2 is 2.38 bits per heavy atom. The van der Waals surface area contributed by atoms with Crippen LogP contribution >= 0.6 is 11.6 Å². The van der Waals surface area contributed by atoms with Gasteiger partial charge in [-0.2, -0.15) is 0 Å². The Kier molecular flexibility index (Phi) is 3.28. The van der Waals surface area contributed by atoms with Crippen molar-refractivity contribution in [3.8, 4) is 0 Å². The van der Waals surface area contributed by atoms with Crippen LogP contribution < -0.4 is 0 Å². The number of halogens is 2. The molecule has 4 nitrogen and oxygen atoms in total. The van der Waals surface area contributed by atoms with E-state index in [0.29, 0.717) is 11.7 Å². The second-order valence-electron chi connectivity index (χ2n) is 3.78. The van der Waals surface area contributed by atoms with E-state index in [1.165, 1.54) is 6.21 Å². The first-order valence-corrected chi connectivity index (χ1v) is 5.31. The normalized spacial score (nSPS) is 30.0. The number of hydrogen-bond donors (Lipinski definition) is 2. The molecule has 0 amide bonds. The lowest BCUT2D eigenvalue weighted by atomic mass is 10.2. The van der Waals surface area contributed by atoms with Crippen molar-refractivity contribution in [1.82, 2.24) is 4.90 Å². The zero-order valence-electron chi connectivity index (χ0n) is 8.48. The van der Waals surface area contributed by atoms with Crippen molar-refractivity contribution in [2.24, 2.45) is 4.99 Å². The summed E-state index contributed by atoms with van der Waals surface area (Å²) < 4.78 is 13.8. The largest absolute Gasteiger partial charge is 0.392 e. The molecule has 0 saturated heterocycles. The van der Waals surface area contributed by atoms with Gasteiger partial charge in [-0.25, -0.2) is 4.39 Å². The first-order valence-electron chi connectivity index (χ1n) is 4.93. The Hall–Kier alpha value is -0.910. The van der Waals surface area contributed by atoms with Gasteiger partial charge in [0.15, 0.2) is 0 Å². The fourth-order valence-corrected chi connectivity index (χ4v) is 2.13. The van der Waals surface area contributed by atoms with Crippen molar-refractivity contribution in [2.75, 3.05) is 13.3 Å². The highest BCUT2D eigenvalue weighted by Crippen LogP contribution is 2.32. The summed E-state index contributed by atoms with van der Waals surface area (Å²) in [5.74, 6) is -0.479. The molecule has 2 atom stereocenters. The highest BCUT2D eigenvalue weighted by Gasteiger charge is 2.35. The van der Waals surface area contributed by atoms with E-state index in [9.17, 15) is 9.50 Å². The van der Waals surface area contributed by atoms with Gasteiger partial charge >= 0.3 is 0 Å². The van der Waals surface area contributed by atoms with Gasteiger partial charge in [0.2, 0.25) is 0 Å². The van der Waals surface area contributed by atoms with E-state index < -0.39 is 24.6 Å². The molecular weight excluding hydrogens is 235 g/mol. The van der Waals surface area contributed by atoms with Gasteiger partial charge < -0.3 is 15.1 Å². The summed E-state index contributed by atoms with van der Waals surface area (Å²) in [7, 11) is 0. The van der Waals surface area contributed by atoms with Crippen LogP contribution in [0.4, 0.5) is 4.39 Å². The molecule has 1 aliphatic carbocycles. The summed E-state index contributed by atoms with van der Waals surface area (Å²) in [4.78, 5) is 5.58. The van der Waals surface area contributed by atoms with Gasteiger partial charge in [0.05, 0.1) is 23.8 Å². The van der Waals surface area contributed by atoms with Crippen molar-refractivity contribution in [1.29, 1.82) is 0 Å². The Balaban J connectivity index is 2.19. The van der Waals surface area contributed by atoms with Gasteiger partial charge in [0, 0.05) is 24.4 Å². The van der Waals surface area contributed by atoms with Crippen molar-refractivity contribution < 1.29 is 14.6 Å². The molecule has 2 aliphatic rings. The van der Waals surface area contributed by atoms with Crippen LogP contribution in [0.2, 0.25) is 0 Å². The van der Waals surface area contributed by atoms with Gasteiger partial charge in [-0.15, -0.1) is 0 Å². The van der Waals surface area contributed by atoms with Gasteiger partial charge in [0.25, 0.3) is 0 Å². The lowest BCUT2D eigenvalue weighted by Crippen LogP contribution is -2.32. The number of aliphatic imine (C=N–C) groups is 1. The number of allylic oxidation sites excluding steroid dienone is 1. The van der Waals surface area contributed by atoms with Crippen molar-refractivity contribution in [3.63, 3.8) is 0 Å². The predicted molar refractivity (Wildman–Crippen MR) is 58.8 cm³/mol. The second-order valence-corrected chi connectivity index (χ2v) is 4.22. The first kappa shape index (κ1) is 11.6. The fourth-order valence-electron chi connectivity index (χ4n) is 1.94. The molecular formula is C10H12ClFN2O2. The summed E-state index contributed by atoms with van der Waals surface area (Å²) in [6.45, 7) is -0.155. The summed E-state index contributed by atoms with van der Waals surface area (Å²) in [5.41, 5.74) is 0.0593. The number of rotatable bonds is 2. The van der Waals surface area contributed by atoms with Crippen molar-refractivity contribution in [2.45, 2.75) is 18.6 Å². The average Bonchev–Trinajstić information content (AvgIpc) is 2.54. The maximum Gasteiger partial charge on any atom is 0.127 e. The summed E-state index contributed by atoms with van der Waals surface area (Å²) in [6.07, 6.45) is 2.38. The number of nitrogens with zero attached hydrogens (tertiary/aromatic N) is 2. The molecule has 0 fully saturated rings. The van der Waals surface area contributed by atoms with Crippen molar-refractivity contribution >= 4 is 17.8 Å². The molecule has 2 rings (SSSR count).